The van der Waals surface area contributed by atoms with Gasteiger partial charge in [-0.15, -0.1) is 0 Å². The molecule has 0 bridgehead atoms. The zero-order valence-electron chi connectivity index (χ0n) is 10.3. The summed E-state index contributed by atoms with van der Waals surface area (Å²) in [7, 11) is 0. The van der Waals surface area contributed by atoms with Gasteiger partial charge in [-0.1, -0.05) is 27.7 Å². The van der Waals surface area contributed by atoms with Crippen LogP contribution in [0.15, 0.2) is 0 Å². The maximum Gasteiger partial charge on any atom is 0.228 e. The van der Waals surface area contributed by atoms with E-state index >= 15 is 0 Å². The SMILES string of the molecule is CCC(C)(C)C(=O)N1CCC(C)C(O)C1. The van der Waals surface area contributed by atoms with Crippen molar-refractivity contribution in [2.24, 2.45) is 11.3 Å². The lowest BCUT2D eigenvalue weighted by molar-refractivity contribution is -0.144. The highest BCUT2D eigenvalue weighted by Gasteiger charge is 2.34. The van der Waals surface area contributed by atoms with Crippen LogP contribution in [0.25, 0.3) is 0 Å². The summed E-state index contributed by atoms with van der Waals surface area (Å²) in [6.45, 7) is 9.31. The molecule has 0 aromatic rings. The van der Waals surface area contributed by atoms with Gasteiger partial charge in [0.2, 0.25) is 5.91 Å². The Bertz CT molecular complexity index is 238. The van der Waals surface area contributed by atoms with Gasteiger partial charge in [-0.3, -0.25) is 4.79 Å². The summed E-state index contributed by atoms with van der Waals surface area (Å²) in [5, 5.41) is 9.74. The molecule has 1 aliphatic heterocycles. The quantitative estimate of drug-likeness (QED) is 0.757. The van der Waals surface area contributed by atoms with Crippen molar-refractivity contribution in [2.75, 3.05) is 13.1 Å². The van der Waals surface area contributed by atoms with E-state index < -0.39 is 0 Å². The Morgan fingerprint density at radius 3 is 2.60 bits per heavy atom. The molecule has 2 unspecified atom stereocenters. The topological polar surface area (TPSA) is 40.5 Å². The van der Waals surface area contributed by atoms with Gasteiger partial charge >= 0.3 is 0 Å². The highest BCUT2D eigenvalue weighted by molar-refractivity contribution is 5.82. The second-order valence-corrected chi connectivity index (χ2v) is 5.32. The molecule has 0 spiro atoms. The molecule has 2 atom stereocenters. The Labute approximate surface area is 92.5 Å². The number of hydrogen-bond acceptors (Lipinski definition) is 2. The summed E-state index contributed by atoms with van der Waals surface area (Å²) in [6.07, 6.45) is 1.40. The van der Waals surface area contributed by atoms with Crippen LogP contribution in [0.3, 0.4) is 0 Å². The minimum Gasteiger partial charge on any atom is -0.391 e. The molecule has 1 rings (SSSR count). The number of aliphatic hydroxyl groups excluding tert-OH is 1. The first-order valence-electron chi connectivity index (χ1n) is 5.86. The fourth-order valence-corrected chi connectivity index (χ4v) is 1.81. The number of rotatable bonds is 2. The lowest BCUT2D eigenvalue weighted by atomic mass is 9.86. The van der Waals surface area contributed by atoms with Crippen molar-refractivity contribution in [1.82, 2.24) is 4.90 Å². The predicted octanol–water partition coefficient (Wildman–Crippen LogP) is 1.65. The molecule has 1 N–H and O–H groups in total. The Morgan fingerprint density at radius 1 is 1.53 bits per heavy atom. The molecule has 3 nitrogen and oxygen atoms in total. The van der Waals surface area contributed by atoms with Crippen LogP contribution in [0.1, 0.15) is 40.5 Å². The van der Waals surface area contributed by atoms with Crippen molar-refractivity contribution in [3.8, 4) is 0 Å². The highest BCUT2D eigenvalue weighted by atomic mass is 16.3. The number of carbonyl (C=O) groups is 1. The highest BCUT2D eigenvalue weighted by Crippen LogP contribution is 2.26. The first-order chi connectivity index (χ1) is 6.88. The van der Waals surface area contributed by atoms with Gasteiger partial charge in [0.15, 0.2) is 0 Å². The van der Waals surface area contributed by atoms with Crippen LogP contribution in [-0.4, -0.2) is 35.1 Å². The molecule has 1 heterocycles. The van der Waals surface area contributed by atoms with E-state index in [1.54, 1.807) is 0 Å². The standard InChI is InChI=1S/C12H23NO2/c1-5-12(3,4)11(15)13-7-6-9(2)10(14)8-13/h9-10,14H,5-8H2,1-4H3. The fourth-order valence-electron chi connectivity index (χ4n) is 1.81. The van der Waals surface area contributed by atoms with Crippen LogP contribution in [0.5, 0.6) is 0 Å². The molecule has 3 heteroatoms. The van der Waals surface area contributed by atoms with Crippen LogP contribution in [0.2, 0.25) is 0 Å². The summed E-state index contributed by atoms with van der Waals surface area (Å²) in [6, 6.07) is 0. The van der Waals surface area contributed by atoms with Gasteiger partial charge in [0.1, 0.15) is 0 Å². The number of nitrogens with zero attached hydrogens (tertiary/aromatic N) is 1. The van der Waals surface area contributed by atoms with Crippen LogP contribution < -0.4 is 0 Å². The van der Waals surface area contributed by atoms with E-state index in [1.165, 1.54) is 0 Å². The first kappa shape index (κ1) is 12.5. The summed E-state index contributed by atoms with van der Waals surface area (Å²) < 4.78 is 0. The predicted molar refractivity (Wildman–Crippen MR) is 60.4 cm³/mol. The average Bonchev–Trinajstić information content (AvgIpc) is 2.21. The van der Waals surface area contributed by atoms with Crippen LogP contribution in [0, 0.1) is 11.3 Å². The van der Waals surface area contributed by atoms with E-state index in [0.29, 0.717) is 12.5 Å². The van der Waals surface area contributed by atoms with Gasteiger partial charge in [-0.05, 0) is 18.8 Å². The molecule has 0 saturated carbocycles. The van der Waals surface area contributed by atoms with Crippen LogP contribution in [0.4, 0.5) is 0 Å². The Kier molecular flexibility index (Phi) is 3.77. The van der Waals surface area contributed by atoms with E-state index in [0.717, 1.165) is 19.4 Å². The van der Waals surface area contributed by atoms with Gasteiger partial charge < -0.3 is 10.0 Å². The molecule has 15 heavy (non-hydrogen) atoms. The number of aliphatic hydroxyl groups is 1. The molecule has 88 valence electrons. The Balaban J connectivity index is 2.62. The largest absolute Gasteiger partial charge is 0.391 e. The first-order valence-corrected chi connectivity index (χ1v) is 5.86. The minimum absolute atomic E-state index is 0.177. The maximum absolute atomic E-state index is 12.1. The molecular formula is C12H23NO2. The molecule has 1 saturated heterocycles. The molecule has 0 radical (unpaired) electrons. The van der Waals surface area contributed by atoms with Crippen molar-refractivity contribution in [3.63, 3.8) is 0 Å². The molecule has 1 fully saturated rings. The Morgan fingerprint density at radius 2 is 2.13 bits per heavy atom. The van der Waals surface area contributed by atoms with Gasteiger partial charge in [-0.25, -0.2) is 0 Å². The van der Waals surface area contributed by atoms with Gasteiger partial charge in [0.25, 0.3) is 0 Å². The second-order valence-electron chi connectivity index (χ2n) is 5.32. The van der Waals surface area contributed by atoms with E-state index in [-0.39, 0.29) is 17.4 Å². The van der Waals surface area contributed by atoms with Crippen molar-refractivity contribution < 1.29 is 9.90 Å². The number of amides is 1. The van der Waals surface area contributed by atoms with E-state index in [2.05, 4.69) is 0 Å². The third kappa shape index (κ3) is 2.71. The summed E-state index contributed by atoms with van der Waals surface area (Å²) in [5.41, 5.74) is -0.291. The summed E-state index contributed by atoms with van der Waals surface area (Å²) in [5.74, 6) is 0.495. The molecule has 0 aromatic carbocycles. The third-order valence-electron chi connectivity index (χ3n) is 3.67. The minimum atomic E-state index is -0.352. The van der Waals surface area contributed by atoms with E-state index in [1.807, 2.05) is 32.6 Å². The number of likely N-dealkylation sites (tertiary alicyclic amines) is 1. The molecular weight excluding hydrogens is 190 g/mol. The van der Waals surface area contributed by atoms with Crippen molar-refractivity contribution in [3.05, 3.63) is 0 Å². The smallest absolute Gasteiger partial charge is 0.228 e. The van der Waals surface area contributed by atoms with Crippen molar-refractivity contribution >= 4 is 5.91 Å². The zero-order chi connectivity index (χ0) is 11.6. The fraction of sp³-hybridized carbons (Fsp3) is 0.917. The average molecular weight is 213 g/mol. The van der Waals surface area contributed by atoms with Gasteiger partial charge in [-0.2, -0.15) is 0 Å². The molecule has 0 aliphatic carbocycles. The molecule has 1 amide bonds. The molecule has 1 aliphatic rings. The van der Waals surface area contributed by atoms with Crippen LogP contribution >= 0.6 is 0 Å². The second kappa shape index (κ2) is 4.52. The summed E-state index contributed by atoms with van der Waals surface area (Å²) >= 11 is 0. The Hall–Kier alpha value is -0.570. The number of piperidine rings is 1. The number of β-amino-alcohol motifs (C(OH)–C–C–N with tert-alkyl or cyclic N) is 1. The van der Waals surface area contributed by atoms with Gasteiger partial charge in [0.05, 0.1) is 6.10 Å². The third-order valence-corrected chi connectivity index (χ3v) is 3.67. The normalized spacial score (nSPS) is 27.9. The lowest BCUT2D eigenvalue weighted by Gasteiger charge is -2.38. The number of carbonyl (C=O) groups excluding carboxylic acids is 1. The summed E-state index contributed by atoms with van der Waals surface area (Å²) in [4.78, 5) is 13.9. The maximum atomic E-state index is 12.1. The zero-order valence-corrected chi connectivity index (χ0v) is 10.3. The molecule has 0 aromatic heterocycles. The monoisotopic (exact) mass is 213 g/mol. The number of hydrogen-bond donors (Lipinski definition) is 1. The van der Waals surface area contributed by atoms with E-state index in [9.17, 15) is 9.90 Å². The van der Waals surface area contributed by atoms with E-state index in [4.69, 9.17) is 0 Å². The van der Waals surface area contributed by atoms with Crippen molar-refractivity contribution in [1.29, 1.82) is 0 Å². The van der Waals surface area contributed by atoms with Crippen LogP contribution in [-0.2, 0) is 4.79 Å². The van der Waals surface area contributed by atoms with Crippen molar-refractivity contribution in [2.45, 2.75) is 46.6 Å². The van der Waals surface area contributed by atoms with Gasteiger partial charge in [0, 0.05) is 18.5 Å². The lowest BCUT2D eigenvalue weighted by Crippen LogP contribution is -2.49.